The van der Waals surface area contributed by atoms with Crippen LogP contribution in [-0.2, 0) is 0 Å². The molecule has 124 valence electrons. The number of hydrogen-bond acceptors (Lipinski definition) is 5. The molecule has 7 heteroatoms. The summed E-state index contributed by atoms with van der Waals surface area (Å²) in [6.07, 6.45) is 3.29. The molecule has 0 saturated carbocycles. The first-order chi connectivity index (χ1) is 11.4. The second kappa shape index (κ2) is 6.45. The average Bonchev–Trinajstić information content (AvgIpc) is 3.15. The molecule has 3 rings (SSSR count). The number of H-pyrrole nitrogens is 1. The van der Waals surface area contributed by atoms with Crippen LogP contribution in [0.4, 0.5) is 0 Å². The molecule has 0 aliphatic carbocycles. The minimum absolute atomic E-state index is 0.225. The Morgan fingerprint density at radius 1 is 1.25 bits per heavy atom. The molecule has 0 radical (unpaired) electrons. The number of nitrogens with zero attached hydrogens (tertiary/aromatic N) is 3. The summed E-state index contributed by atoms with van der Waals surface area (Å²) in [6, 6.07) is 11.3. The van der Waals surface area contributed by atoms with E-state index in [0.29, 0.717) is 16.4 Å². The molecule has 0 bridgehead atoms. The monoisotopic (exact) mass is 342 g/mol. The maximum absolute atomic E-state index is 5.80. The average molecular weight is 342 g/mol. The zero-order valence-electron chi connectivity index (χ0n) is 13.7. The van der Waals surface area contributed by atoms with E-state index < -0.39 is 0 Å². The molecule has 6 nitrogen and oxygen atoms in total. The van der Waals surface area contributed by atoms with Crippen LogP contribution >= 0.6 is 12.2 Å². The van der Waals surface area contributed by atoms with Gasteiger partial charge in [0, 0.05) is 0 Å². The fourth-order valence-electron chi connectivity index (χ4n) is 2.06. The third-order valence-electron chi connectivity index (χ3n) is 3.02. The molecule has 24 heavy (non-hydrogen) atoms. The molecule has 0 amide bonds. The molecule has 1 aromatic carbocycles. The molecule has 0 spiro atoms. The Bertz CT molecular complexity index is 884. The van der Waals surface area contributed by atoms with Crippen LogP contribution in [0, 0.1) is 4.77 Å². The summed E-state index contributed by atoms with van der Waals surface area (Å²) in [5.41, 5.74) is 0.696. The van der Waals surface area contributed by atoms with Crippen molar-refractivity contribution in [1.29, 1.82) is 0 Å². The molecule has 2 aromatic heterocycles. The summed E-state index contributed by atoms with van der Waals surface area (Å²) >= 11 is 5.21. The van der Waals surface area contributed by atoms with Crippen molar-refractivity contribution in [3.63, 3.8) is 0 Å². The number of hydrogen-bond donors (Lipinski definition) is 1. The van der Waals surface area contributed by atoms with E-state index in [1.54, 1.807) is 24.6 Å². The molecule has 0 atom stereocenters. The minimum atomic E-state index is -0.225. The van der Waals surface area contributed by atoms with Crippen molar-refractivity contribution in [2.45, 2.75) is 26.4 Å². The highest BCUT2D eigenvalue weighted by molar-refractivity contribution is 7.71. The van der Waals surface area contributed by atoms with Crippen molar-refractivity contribution in [1.82, 2.24) is 14.9 Å². The lowest BCUT2D eigenvalue weighted by Crippen LogP contribution is -2.22. The van der Waals surface area contributed by atoms with Crippen LogP contribution in [0.15, 0.2) is 52.2 Å². The largest absolute Gasteiger partial charge is 0.488 e. The van der Waals surface area contributed by atoms with Crippen molar-refractivity contribution < 1.29 is 9.15 Å². The molecular weight excluding hydrogens is 324 g/mol. The van der Waals surface area contributed by atoms with Crippen molar-refractivity contribution in [2.75, 3.05) is 0 Å². The number of aromatic amines is 1. The Labute approximate surface area is 144 Å². The van der Waals surface area contributed by atoms with Gasteiger partial charge in [-0.2, -0.15) is 9.78 Å². The summed E-state index contributed by atoms with van der Waals surface area (Å²) in [5, 5.41) is 11.3. The maximum atomic E-state index is 5.80. The number of nitrogens with one attached hydrogen (secondary N) is 1. The van der Waals surface area contributed by atoms with Crippen LogP contribution in [0.5, 0.6) is 5.75 Å². The van der Waals surface area contributed by atoms with Crippen molar-refractivity contribution in [2.24, 2.45) is 5.10 Å². The van der Waals surface area contributed by atoms with Gasteiger partial charge in [-0.15, -0.1) is 5.10 Å². The van der Waals surface area contributed by atoms with Crippen molar-refractivity contribution in [3.8, 4) is 17.3 Å². The van der Waals surface area contributed by atoms with Gasteiger partial charge in [0.1, 0.15) is 11.4 Å². The normalized spacial score (nSPS) is 12.0. The van der Waals surface area contributed by atoms with Gasteiger partial charge < -0.3 is 9.15 Å². The van der Waals surface area contributed by atoms with Crippen LogP contribution in [-0.4, -0.2) is 26.7 Å². The van der Waals surface area contributed by atoms with Gasteiger partial charge in [-0.1, -0.05) is 0 Å². The Kier molecular flexibility index (Phi) is 4.35. The van der Waals surface area contributed by atoms with Gasteiger partial charge >= 0.3 is 0 Å². The van der Waals surface area contributed by atoms with E-state index >= 15 is 0 Å². The zero-order chi connectivity index (χ0) is 17.2. The number of aromatic nitrogens is 3. The number of benzene rings is 1. The van der Waals surface area contributed by atoms with Gasteiger partial charge in [-0.25, -0.2) is 5.10 Å². The van der Waals surface area contributed by atoms with Gasteiger partial charge in [0.05, 0.1) is 12.5 Å². The highest BCUT2D eigenvalue weighted by Gasteiger charge is 2.12. The molecule has 0 unspecified atom stereocenters. The summed E-state index contributed by atoms with van der Waals surface area (Å²) in [5.74, 6) is 1.93. The van der Waals surface area contributed by atoms with Crippen LogP contribution < -0.4 is 4.74 Å². The lowest BCUT2D eigenvalue weighted by Gasteiger charge is -2.21. The fourth-order valence-corrected chi connectivity index (χ4v) is 2.24. The number of furan rings is 1. The van der Waals surface area contributed by atoms with Crippen LogP contribution in [0.3, 0.4) is 0 Å². The van der Waals surface area contributed by atoms with Crippen molar-refractivity contribution >= 4 is 18.4 Å². The summed E-state index contributed by atoms with van der Waals surface area (Å²) < 4.78 is 13.1. The molecule has 3 aromatic rings. The first-order valence-electron chi connectivity index (χ1n) is 7.47. The fraction of sp³-hybridized carbons (Fsp3) is 0.235. The van der Waals surface area contributed by atoms with Crippen LogP contribution in [0.1, 0.15) is 26.3 Å². The van der Waals surface area contributed by atoms with E-state index in [0.717, 1.165) is 11.3 Å². The van der Waals surface area contributed by atoms with Crippen LogP contribution in [0.2, 0.25) is 0 Å². The second-order valence-corrected chi connectivity index (χ2v) is 6.56. The van der Waals surface area contributed by atoms with E-state index in [4.69, 9.17) is 21.4 Å². The van der Waals surface area contributed by atoms with Gasteiger partial charge in [0.2, 0.25) is 10.6 Å². The van der Waals surface area contributed by atoms with E-state index in [-0.39, 0.29) is 5.60 Å². The van der Waals surface area contributed by atoms with Gasteiger partial charge in [0.15, 0.2) is 5.76 Å². The van der Waals surface area contributed by atoms with E-state index in [1.807, 2.05) is 45.0 Å². The molecule has 0 aliphatic heterocycles. The smallest absolute Gasteiger partial charge is 0.219 e. The predicted octanol–water partition coefficient (Wildman–Crippen LogP) is 4.26. The topological polar surface area (TPSA) is 68.3 Å². The maximum Gasteiger partial charge on any atom is 0.219 e. The number of rotatable bonds is 4. The molecule has 1 N–H and O–H groups in total. The molecule has 0 fully saturated rings. The third-order valence-corrected chi connectivity index (χ3v) is 3.28. The summed E-state index contributed by atoms with van der Waals surface area (Å²) in [6.45, 7) is 6.04. The zero-order valence-corrected chi connectivity index (χ0v) is 14.5. The lowest BCUT2D eigenvalue weighted by atomic mass is 10.2. The summed E-state index contributed by atoms with van der Waals surface area (Å²) in [4.78, 5) is 0. The molecule has 0 aliphatic rings. The van der Waals surface area contributed by atoms with Gasteiger partial charge in [0.25, 0.3) is 0 Å². The highest BCUT2D eigenvalue weighted by Crippen LogP contribution is 2.19. The van der Waals surface area contributed by atoms with E-state index in [9.17, 15) is 0 Å². The standard InChI is InChI=1S/C17H18N4O2S/c1-17(2,3)23-13-8-6-12(7-9-13)11-18-21-15(19-20-16(21)24)14-5-4-10-22-14/h4-11H,1-3H3,(H,20,24)/b18-11-. The van der Waals surface area contributed by atoms with Crippen molar-refractivity contribution in [3.05, 3.63) is 53.0 Å². The Morgan fingerprint density at radius 2 is 2.00 bits per heavy atom. The van der Waals surface area contributed by atoms with Gasteiger partial charge in [-0.3, -0.25) is 0 Å². The molecule has 0 saturated heterocycles. The summed E-state index contributed by atoms with van der Waals surface area (Å²) in [7, 11) is 0. The SMILES string of the molecule is CC(C)(C)Oc1ccc(/C=N\n2c(-c3ccco3)n[nH]c2=S)cc1. The minimum Gasteiger partial charge on any atom is -0.488 e. The van der Waals surface area contributed by atoms with Crippen LogP contribution in [0.25, 0.3) is 11.6 Å². The molecular formula is C17H18N4O2S. The third kappa shape index (κ3) is 3.80. The second-order valence-electron chi connectivity index (χ2n) is 6.17. The first-order valence-corrected chi connectivity index (χ1v) is 7.88. The predicted molar refractivity (Wildman–Crippen MR) is 94.9 cm³/mol. The van der Waals surface area contributed by atoms with Gasteiger partial charge in [-0.05, 0) is 75.0 Å². The Morgan fingerprint density at radius 3 is 2.62 bits per heavy atom. The molecule has 2 heterocycles. The highest BCUT2D eigenvalue weighted by atomic mass is 32.1. The Hall–Kier alpha value is -2.67. The number of ether oxygens (including phenoxy) is 1. The Balaban J connectivity index is 1.82. The lowest BCUT2D eigenvalue weighted by molar-refractivity contribution is 0.131. The quantitative estimate of drug-likeness (QED) is 0.568. The first kappa shape index (κ1) is 16.2. The van der Waals surface area contributed by atoms with E-state index in [1.165, 1.54) is 4.68 Å². The van der Waals surface area contributed by atoms with E-state index in [2.05, 4.69) is 15.3 Å².